The van der Waals surface area contributed by atoms with Crippen LogP contribution in [0.2, 0.25) is 0 Å². The highest BCUT2D eigenvalue weighted by Crippen LogP contribution is 2.33. The summed E-state index contributed by atoms with van der Waals surface area (Å²) in [6.45, 7) is 3.30. The van der Waals surface area contributed by atoms with Gasteiger partial charge < -0.3 is 15.0 Å². The summed E-state index contributed by atoms with van der Waals surface area (Å²) in [6, 6.07) is 23.9. The molecule has 0 bridgehead atoms. The van der Waals surface area contributed by atoms with E-state index in [0.29, 0.717) is 30.5 Å². The normalized spacial score (nSPS) is 15.7. The number of fused-ring (bicyclic) bond motifs is 1. The van der Waals surface area contributed by atoms with E-state index >= 15 is 0 Å². The quantitative estimate of drug-likeness (QED) is 0.483. The van der Waals surface area contributed by atoms with Crippen molar-refractivity contribution >= 4 is 33.2 Å². The lowest BCUT2D eigenvalue weighted by atomic mass is 10.1. The molecule has 1 amide bonds. The first kappa shape index (κ1) is 20.5. The zero-order valence-electron chi connectivity index (χ0n) is 17.0. The van der Waals surface area contributed by atoms with E-state index in [9.17, 15) is 4.79 Å². The molecular formula is C25H25BrN2O2. The number of benzene rings is 3. The van der Waals surface area contributed by atoms with Gasteiger partial charge in [-0.15, -0.1) is 0 Å². The van der Waals surface area contributed by atoms with Gasteiger partial charge in [0.2, 0.25) is 0 Å². The number of ether oxygens (including phenoxy) is 1. The Labute approximate surface area is 186 Å². The topological polar surface area (TPSA) is 41.6 Å². The SMILES string of the molecule is CCC1CCN(C(=O)c2ccc(Br)c(OCc3ccccc3)c2)c2ccccc2N1. The number of nitrogens with zero attached hydrogens (tertiary/aromatic N) is 1. The number of carbonyl (C=O) groups excluding carboxylic acids is 1. The molecule has 0 fully saturated rings. The highest BCUT2D eigenvalue weighted by Gasteiger charge is 2.25. The molecule has 0 spiro atoms. The van der Waals surface area contributed by atoms with Crippen LogP contribution in [-0.2, 0) is 6.61 Å². The maximum absolute atomic E-state index is 13.5. The van der Waals surface area contributed by atoms with Crippen molar-refractivity contribution in [2.24, 2.45) is 0 Å². The monoisotopic (exact) mass is 464 g/mol. The number of anilines is 2. The number of para-hydroxylation sites is 2. The van der Waals surface area contributed by atoms with Crippen molar-refractivity contribution in [3.8, 4) is 5.75 Å². The molecule has 3 aromatic rings. The van der Waals surface area contributed by atoms with Crippen LogP contribution in [0.4, 0.5) is 11.4 Å². The molecule has 4 nitrogen and oxygen atoms in total. The molecule has 0 aliphatic carbocycles. The minimum absolute atomic E-state index is 0.0157. The predicted molar refractivity (Wildman–Crippen MR) is 125 cm³/mol. The lowest BCUT2D eigenvalue weighted by molar-refractivity contribution is 0.0986. The van der Waals surface area contributed by atoms with Crippen LogP contribution in [0.1, 0.15) is 35.7 Å². The minimum Gasteiger partial charge on any atom is -0.488 e. The van der Waals surface area contributed by atoms with Crippen LogP contribution in [0.15, 0.2) is 77.3 Å². The number of amides is 1. The van der Waals surface area contributed by atoms with Gasteiger partial charge in [-0.25, -0.2) is 0 Å². The second kappa shape index (κ2) is 9.35. The fourth-order valence-electron chi connectivity index (χ4n) is 3.68. The number of hydrogen-bond acceptors (Lipinski definition) is 3. The third-order valence-corrected chi connectivity index (χ3v) is 6.06. The summed E-state index contributed by atoms with van der Waals surface area (Å²) >= 11 is 3.54. The average molecular weight is 465 g/mol. The number of halogens is 1. The zero-order chi connectivity index (χ0) is 20.9. The van der Waals surface area contributed by atoms with Crippen LogP contribution in [0.5, 0.6) is 5.75 Å². The Bertz CT molecular complexity index is 1020. The van der Waals surface area contributed by atoms with Gasteiger partial charge in [-0.3, -0.25) is 4.79 Å². The van der Waals surface area contributed by atoms with Crippen molar-refractivity contribution in [3.05, 3.63) is 88.4 Å². The summed E-state index contributed by atoms with van der Waals surface area (Å²) in [6.07, 6.45) is 1.93. The van der Waals surface area contributed by atoms with Crippen LogP contribution in [-0.4, -0.2) is 18.5 Å². The van der Waals surface area contributed by atoms with Gasteiger partial charge in [0.1, 0.15) is 12.4 Å². The molecule has 3 aromatic carbocycles. The highest BCUT2D eigenvalue weighted by atomic mass is 79.9. The summed E-state index contributed by atoms with van der Waals surface area (Å²) in [5, 5.41) is 3.58. The summed E-state index contributed by atoms with van der Waals surface area (Å²) < 4.78 is 6.83. The lowest BCUT2D eigenvalue weighted by Crippen LogP contribution is -2.32. The number of rotatable bonds is 5. The Hall–Kier alpha value is -2.79. The standard InChI is InChI=1S/C25H25BrN2O2/c1-2-20-14-15-28(23-11-7-6-10-22(23)27-20)25(29)19-12-13-21(26)24(16-19)30-17-18-8-4-3-5-9-18/h3-13,16,20,27H,2,14-15,17H2,1H3. The van der Waals surface area contributed by atoms with E-state index in [2.05, 4.69) is 28.2 Å². The molecule has 5 heteroatoms. The molecule has 0 aromatic heterocycles. The molecule has 0 saturated heterocycles. The van der Waals surface area contributed by atoms with Crippen molar-refractivity contribution in [3.63, 3.8) is 0 Å². The fourth-order valence-corrected chi connectivity index (χ4v) is 4.04. The van der Waals surface area contributed by atoms with Crippen molar-refractivity contribution in [1.82, 2.24) is 0 Å². The van der Waals surface area contributed by atoms with Gasteiger partial charge in [0, 0.05) is 18.2 Å². The Morgan fingerprint density at radius 1 is 1.10 bits per heavy atom. The van der Waals surface area contributed by atoms with Crippen molar-refractivity contribution in [2.45, 2.75) is 32.4 Å². The zero-order valence-corrected chi connectivity index (χ0v) is 18.6. The van der Waals surface area contributed by atoms with E-state index in [1.54, 1.807) is 0 Å². The van der Waals surface area contributed by atoms with E-state index < -0.39 is 0 Å². The predicted octanol–water partition coefficient (Wildman–Crippen LogP) is 6.27. The molecule has 0 saturated carbocycles. The van der Waals surface area contributed by atoms with Crippen LogP contribution in [0, 0.1) is 0 Å². The van der Waals surface area contributed by atoms with Gasteiger partial charge in [0.15, 0.2) is 0 Å². The Morgan fingerprint density at radius 3 is 2.67 bits per heavy atom. The van der Waals surface area contributed by atoms with E-state index in [0.717, 1.165) is 34.3 Å². The Balaban J connectivity index is 1.58. The molecule has 154 valence electrons. The molecular weight excluding hydrogens is 440 g/mol. The highest BCUT2D eigenvalue weighted by molar-refractivity contribution is 9.10. The minimum atomic E-state index is -0.0157. The summed E-state index contributed by atoms with van der Waals surface area (Å²) in [4.78, 5) is 15.4. The van der Waals surface area contributed by atoms with Crippen LogP contribution in [0.25, 0.3) is 0 Å². The molecule has 1 unspecified atom stereocenters. The molecule has 1 N–H and O–H groups in total. The average Bonchev–Trinajstić information content (AvgIpc) is 2.98. The van der Waals surface area contributed by atoms with Crippen LogP contribution in [0.3, 0.4) is 0 Å². The third-order valence-electron chi connectivity index (χ3n) is 5.41. The van der Waals surface area contributed by atoms with Crippen molar-refractivity contribution in [2.75, 3.05) is 16.8 Å². The van der Waals surface area contributed by atoms with Gasteiger partial charge in [0.25, 0.3) is 5.91 Å². The molecule has 0 radical (unpaired) electrons. The van der Waals surface area contributed by atoms with Gasteiger partial charge >= 0.3 is 0 Å². The van der Waals surface area contributed by atoms with Crippen LogP contribution < -0.4 is 15.0 Å². The summed E-state index contributed by atoms with van der Waals surface area (Å²) in [5.41, 5.74) is 3.63. The first-order valence-electron chi connectivity index (χ1n) is 10.3. The lowest BCUT2D eigenvalue weighted by Gasteiger charge is -2.23. The molecule has 4 rings (SSSR count). The van der Waals surface area contributed by atoms with Crippen molar-refractivity contribution < 1.29 is 9.53 Å². The summed E-state index contributed by atoms with van der Waals surface area (Å²) in [5.74, 6) is 0.649. The largest absolute Gasteiger partial charge is 0.488 e. The Kier molecular flexibility index (Phi) is 6.38. The smallest absolute Gasteiger partial charge is 0.258 e. The van der Waals surface area contributed by atoms with E-state index in [1.807, 2.05) is 77.7 Å². The first-order valence-corrected chi connectivity index (χ1v) is 11.1. The maximum Gasteiger partial charge on any atom is 0.258 e. The van der Waals surface area contributed by atoms with E-state index in [4.69, 9.17) is 4.74 Å². The third kappa shape index (κ3) is 4.51. The molecule has 1 atom stereocenters. The van der Waals surface area contributed by atoms with Gasteiger partial charge in [-0.1, -0.05) is 49.4 Å². The number of hydrogen-bond donors (Lipinski definition) is 1. The molecule has 1 aliphatic rings. The van der Waals surface area contributed by atoms with Crippen molar-refractivity contribution in [1.29, 1.82) is 0 Å². The second-order valence-electron chi connectivity index (χ2n) is 7.43. The molecule has 1 heterocycles. The second-order valence-corrected chi connectivity index (χ2v) is 8.29. The maximum atomic E-state index is 13.5. The summed E-state index contributed by atoms with van der Waals surface area (Å²) in [7, 11) is 0. The van der Waals surface area contributed by atoms with Gasteiger partial charge in [0.05, 0.1) is 15.8 Å². The van der Waals surface area contributed by atoms with E-state index in [-0.39, 0.29) is 5.91 Å². The number of carbonyl (C=O) groups is 1. The van der Waals surface area contributed by atoms with E-state index in [1.165, 1.54) is 0 Å². The van der Waals surface area contributed by atoms with Crippen LogP contribution >= 0.6 is 15.9 Å². The Morgan fingerprint density at radius 2 is 1.87 bits per heavy atom. The van der Waals surface area contributed by atoms with Gasteiger partial charge in [-0.2, -0.15) is 0 Å². The molecule has 30 heavy (non-hydrogen) atoms. The van der Waals surface area contributed by atoms with Gasteiger partial charge in [-0.05, 0) is 64.7 Å². The molecule has 1 aliphatic heterocycles. The fraction of sp³-hybridized carbons (Fsp3) is 0.240. The number of nitrogens with one attached hydrogen (secondary N) is 1. The first-order chi connectivity index (χ1) is 14.7.